The predicted octanol–water partition coefficient (Wildman–Crippen LogP) is 1.90. The molecule has 1 heterocycles. The summed E-state index contributed by atoms with van der Waals surface area (Å²) in [6, 6.07) is 9.52. The van der Waals surface area contributed by atoms with Crippen LogP contribution in [0.4, 0.5) is 5.82 Å². The zero-order valence-corrected chi connectivity index (χ0v) is 11.1. The second-order valence-corrected chi connectivity index (χ2v) is 4.17. The molecule has 1 aromatic carbocycles. The van der Waals surface area contributed by atoms with E-state index in [4.69, 9.17) is 9.84 Å². The number of methoxy groups -OCH3 is 1. The minimum absolute atomic E-state index is 0.0499. The highest BCUT2D eigenvalue weighted by molar-refractivity contribution is 5.39. The Labute approximate surface area is 112 Å². The Hall–Kier alpha value is -2.14. The zero-order chi connectivity index (χ0) is 13.7. The van der Waals surface area contributed by atoms with E-state index in [2.05, 4.69) is 15.3 Å². The lowest BCUT2D eigenvalue weighted by molar-refractivity contribution is 0.281. The molecule has 0 unspecified atom stereocenters. The second kappa shape index (κ2) is 6.15. The summed E-state index contributed by atoms with van der Waals surface area (Å²) in [7, 11) is 1.58. The number of aliphatic hydroxyl groups excluding tert-OH is 1. The molecular weight excluding hydrogens is 242 g/mol. The molecule has 0 atom stereocenters. The molecule has 0 aliphatic carbocycles. The number of aromatic nitrogens is 2. The van der Waals surface area contributed by atoms with E-state index in [1.807, 2.05) is 31.2 Å². The van der Waals surface area contributed by atoms with E-state index in [9.17, 15) is 0 Å². The van der Waals surface area contributed by atoms with Crippen molar-refractivity contribution in [1.82, 2.24) is 9.97 Å². The number of anilines is 1. The summed E-state index contributed by atoms with van der Waals surface area (Å²) in [6.45, 7) is 2.50. The van der Waals surface area contributed by atoms with Crippen molar-refractivity contribution in [2.24, 2.45) is 0 Å². The van der Waals surface area contributed by atoms with Crippen LogP contribution in [-0.4, -0.2) is 22.2 Å². The molecule has 2 aromatic rings. The fourth-order valence-electron chi connectivity index (χ4n) is 1.77. The van der Waals surface area contributed by atoms with Crippen LogP contribution in [0.3, 0.4) is 0 Å². The summed E-state index contributed by atoms with van der Waals surface area (Å²) in [6.07, 6.45) is 0. The van der Waals surface area contributed by atoms with Crippen LogP contribution < -0.4 is 10.1 Å². The molecule has 19 heavy (non-hydrogen) atoms. The third-order valence-electron chi connectivity index (χ3n) is 2.67. The lowest BCUT2D eigenvalue weighted by atomic mass is 10.1. The fourth-order valence-corrected chi connectivity index (χ4v) is 1.77. The van der Waals surface area contributed by atoms with Crippen molar-refractivity contribution >= 4 is 5.82 Å². The zero-order valence-electron chi connectivity index (χ0n) is 11.1. The maximum absolute atomic E-state index is 9.09. The minimum Gasteiger partial charge on any atom is -0.481 e. The highest BCUT2D eigenvalue weighted by Gasteiger charge is 2.02. The Bertz CT molecular complexity index is 558. The van der Waals surface area contributed by atoms with E-state index in [-0.39, 0.29) is 6.61 Å². The third-order valence-corrected chi connectivity index (χ3v) is 2.67. The molecule has 0 spiro atoms. The molecule has 0 fully saturated rings. The molecule has 2 rings (SSSR count). The van der Waals surface area contributed by atoms with Crippen molar-refractivity contribution in [2.75, 3.05) is 12.4 Å². The van der Waals surface area contributed by atoms with Gasteiger partial charge < -0.3 is 15.2 Å². The van der Waals surface area contributed by atoms with Crippen LogP contribution in [0, 0.1) is 6.92 Å². The van der Waals surface area contributed by atoms with Crippen molar-refractivity contribution in [3.63, 3.8) is 0 Å². The van der Waals surface area contributed by atoms with Crippen molar-refractivity contribution in [1.29, 1.82) is 0 Å². The van der Waals surface area contributed by atoms with E-state index in [0.29, 0.717) is 18.2 Å². The average Bonchev–Trinajstić information content (AvgIpc) is 2.44. The SMILES string of the molecule is COc1cc(NCc2cccc(CO)c2)nc(C)n1. The first-order valence-electron chi connectivity index (χ1n) is 6.03. The van der Waals surface area contributed by atoms with Gasteiger partial charge in [-0.1, -0.05) is 24.3 Å². The van der Waals surface area contributed by atoms with E-state index in [1.165, 1.54) is 0 Å². The molecule has 0 saturated carbocycles. The van der Waals surface area contributed by atoms with Gasteiger partial charge in [0.05, 0.1) is 13.7 Å². The van der Waals surface area contributed by atoms with Crippen molar-refractivity contribution < 1.29 is 9.84 Å². The van der Waals surface area contributed by atoms with Gasteiger partial charge in [0.15, 0.2) is 0 Å². The van der Waals surface area contributed by atoms with Gasteiger partial charge in [-0.05, 0) is 18.1 Å². The van der Waals surface area contributed by atoms with Gasteiger partial charge in [0, 0.05) is 12.6 Å². The lowest BCUT2D eigenvalue weighted by Crippen LogP contribution is -2.04. The number of nitrogens with one attached hydrogen (secondary N) is 1. The van der Waals surface area contributed by atoms with Crippen molar-refractivity contribution in [2.45, 2.75) is 20.1 Å². The highest BCUT2D eigenvalue weighted by Crippen LogP contribution is 2.14. The van der Waals surface area contributed by atoms with Crippen LogP contribution in [0.2, 0.25) is 0 Å². The summed E-state index contributed by atoms with van der Waals surface area (Å²) in [5.74, 6) is 1.92. The monoisotopic (exact) mass is 259 g/mol. The van der Waals surface area contributed by atoms with Gasteiger partial charge in [-0.2, -0.15) is 4.98 Å². The topological polar surface area (TPSA) is 67.3 Å². The number of aryl methyl sites for hydroxylation is 1. The fraction of sp³-hybridized carbons (Fsp3) is 0.286. The Morgan fingerprint density at radius 2 is 2.00 bits per heavy atom. The molecule has 0 amide bonds. The Balaban J connectivity index is 2.07. The largest absolute Gasteiger partial charge is 0.481 e. The van der Waals surface area contributed by atoms with Gasteiger partial charge in [-0.15, -0.1) is 0 Å². The Morgan fingerprint density at radius 1 is 1.21 bits per heavy atom. The summed E-state index contributed by atoms with van der Waals surface area (Å²) in [5, 5.41) is 12.3. The summed E-state index contributed by atoms with van der Waals surface area (Å²) >= 11 is 0. The molecule has 100 valence electrons. The van der Waals surface area contributed by atoms with E-state index in [0.717, 1.165) is 16.9 Å². The highest BCUT2D eigenvalue weighted by atomic mass is 16.5. The van der Waals surface area contributed by atoms with Gasteiger partial charge in [0.1, 0.15) is 11.6 Å². The van der Waals surface area contributed by atoms with Gasteiger partial charge in [0.2, 0.25) is 5.88 Å². The number of hydrogen-bond acceptors (Lipinski definition) is 5. The normalized spacial score (nSPS) is 10.3. The number of benzene rings is 1. The first kappa shape index (κ1) is 13.3. The molecule has 2 N–H and O–H groups in total. The molecule has 0 bridgehead atoms. The molecule has 0 aliphatic heterocycles. The van der Waals surface area contributed by atoms with Crippen LogP contribution in [0.15, 0.2) is 30.3 Å². The molecule has 0 saturated heterocycles. The number of aliphatic hydroxyl groups is 1. The van der Waals surface area contributed by atoms with Gasteiger partial charge in [-0.3, -0.25) is 0 Å². The predicted molar refractivity (Wildman–Crippen MR) is 73.0 cm³/mol. The van der Waals surface area contributed by atoms with Gasteiger partial charge >= 0.3 is 0 Å². The summed E-state index contributed by atoms with van der Waals surface area (Å²) in [4.78, 5) is 8.42. The quantitative estimate of drug-likeness (QED) is 0.858. The second-order valence-electron chi connectivity index (χ2n) is 4.17. The van der Waals surface area contributed by atoms with E-state index in [1.54, 1.807) is 13.2 Å². The van der Waals surface area contributed by atoms with E-state index >= 15 is 0 Å². The average molecular weight is 259 g/mol. The maximum atomic E-state index is 9.09. The number of nitrogens with zero attached hydrogens (tertiary/aromatic N) is 2. The first-order valence-corrected chi connectivity index (χ1v) is 6.03. The minimum atomic E-state index is 0.0499. The van der Waals surface area contributed by atoms with Crippen LogP contribution in [-0.2, 0) is 13.2 Å². The van der Waals surface area contributed by atoms with Crippen molar-refractivity contribution in [3.8, 4) is 5.88 Å². The molecule has 0 radical (unpaired) electrons. The molecule has 1 aromatic heterocycles. The maximum Gasteiger partial charge on any atom is 0.218 e. The summed E-state index contributed by atoms with van der Waals surface area (Å²) < 4.78 is 5.10. The lowest BCUT2D eigenvalue weighted by Gasteiger charge is -2.08. The molecule has 0 aliphatic rings. The van der Waals surface area contributed by atoms with Crippen LogP contribution in [0.25, 0.3) is 0 Å². The number of hydrogen-bond donors (Lipinski definition) is 2. The van der Waals surface area contributed by atoms with Gasteiger partial charge in [-0.25, -0.2) is 4.98 Å². The van der Waals surface area contributed by atoms with Gasteiger partial charge in [0.25, 0.3) is 0 Å². The number of ether oxygens (including phenoxy) is 1. The Kier molecular flexibility index (Phi) is 4.30. The van der Waals surface area contributed by atoms with E-state index < -0.39 is 0 Å². The smallest absolute Gasteiger partial charge is 0.218 e. The molecular formula is C14H17N3O2. The summed E-state index contributed by atoms with van der Waals surface area (Å²) in [5.41, 5.74) is 1.98. The standard InChI is InChI=1S/C14H17N3O2/c1-10-16-13(7-14(17-10)19-2)15-8-11-4-3-5-12(6-11)9-18/h3-7,18H,8-9H2,1-2H3,(H,15,16,17). The number of rotatable bonds is 5. The molecule has 5 heteroatoms. The van der Waals surface area contributed by atoms with Crippen LogP contribution >= 0.6 is 0 Å². The van der Waals surface area contributed by atoms with Crippen LogP contribution in [0.1, 0.15) is 17.0 Å². The first-order chi connectivity index (χ1) is 9.21. The third kappa shape index (κ3) is 3.66. The van der Waals surface area contributed by atoms with Crippen LogP contribution in [0.5, 0.6) is 5.88 Å². The Morgan fingerprint density at radius 3 is 2.74 bits per heavy atom. The molecule has 5 nitrogen and oxygen atoms in total. The van der Waals surface area contributed by atoms with Crippen molar-refractivity contribution in [3.05, 3.63) is 47.3 Å².